The predicted molar refractivity (Wildman–Crippen MR) is 112 cm³/mol. The molecule has 1 aliphatic rings. The smallest absolute Gasteiger partial charge is 0.227 e. The van der Waals surface area contributed by atoms with Crippen LogP contribution in [0.25, 0.3) is 0 Å². The van der Waals surface area contributed by atoms with E-state index in [1.54, 1.807) is 0 Å². The van der Waals surface area contributed by atoms with Crippen LogP contribution in [0.15, 0.2) is 48.5 Å². The third-order valence-corrected chi connectivity index (χ3v) is 4.77. The first-order chi connectivity index (χ1) is 14.2. The van der Waals surface area contributed by atoms with Crippen LogP contribution in [0.5, 0.6) is 11.5 Å². The highest BCUT2D eigenvalue weighted by molar-refractivity contribution is 5.95. The SMILES string of the molecule is CCOc1ccccc1OCCCC(=O)NCc1ccc(N2CCCC2=O)cc1. The molecule has 2 aromatic carbocycles. The zero-order chi connectivity index (χ0) is 20.5. The second-order valence-electron chi connectivity index (χ2n) is 6.92. The Morgan fingerprint density at radius 3 is 2.45 bits per heavy atom. The van der Waals surface area contributed by atoms with Gasteiger partial charge in [-0.2, -0.15) is 0 Å². The lowest BCUT2D eigenvalue weighted by atomic mass is 10.2. The summed E-state index contributed by atoms with van der Waals surface area (Å²) in [5.41, 5.74) is 1.93. The monoisotopic (exact) mass is 396 g/mol. The van der Waals surface area contributed by atoms with E-state index < -0.39 is 0 Å². The van der Waals surface area contributed by atoms with E-state index in [0.717, 1.165) is 30.0 Å². The van der Waals surface area contributed by atoms with Crippen LogP contribution >= 0.6 is 0 Å². The van der Waals surface area contributed by atoms with Gasteiger partial charge in [0, 0.05) is 31.6 Å². The summed E-state index contributed by atoms with van der Waals surface area (Å²) in [5.74, 6) is 1.59. The Morgan fingerprint density at radius 2 is 1.79 bits per heavy atom. The summed E-state index contributed by atoms with van der Waals surface area (Å²) in [6, 6.07) is 15.3. The zero-order valence-electron chi connectivity index (χ0n) is 16.9. The summed E-state index contributed by atoms with van der Waals surface area (Å²) in [6.45, 7) is 4.22. The fraction of sp³-hybridized carbons (Fsp3) is 0.391. The largest absolute Gasteiger partial charge is 0.490 e. The number of hydrogen-bond acceptors (Lipinski definition) is 4. The van der Waals surface area contributed by atoms with Crippen LogP contribution in [0.1, 0.15) is 38.2 Å². The Labute approximate surface area is 171 Å². The minimum atomic E-state index is -0.00881. The molecule has 0 aliphatic carbocycles. The summed E-state index contributed by atoms with van der Waals surface area (Å²) in [4.78, 5) is 25.7. The molecule has 1 N–H and O–H groups in total. The summed E-state index contributed by atoms with van der Waals surface area (Å²) in [7, 11) is 0. The standard InChI is InChI=1S/C23H28N2O4/c1-2-28-20-7-3-4-8-21(20)29-16-6-9-22(26)24-17-18-11-13-19(14-12-18)25-15-5-10-23(25)27/h3-4,7-8,11-14H,2,5-6,9-10,15-17H2,1H3,(H,24,26). The van der Waals surface area contributed by atoms with Crippen molar-refractivity contribution in [3.8, 4) is 11.5 Å². The number of para-hydroxylation sites is 2. The van der Waals surface area contributed by atoms with Crippen LogP contribution < -0.4 is 19.7 Å². The summed E-state index contributed by atoms with van der Waals surface area (Å²) in [6.07, 6.45) is 2.57. The van der Waals surface area contributed by atoms with E-state index in [9.17, 15) is 9.59 Å². The molecule has 0 spiro atoms. The van der Waals surface area contributed by atoms with Crippen LogP contribution in [0.2, 0.25) is 0 Å². The molecular formula is C23H28N2O4. The quantitative estimate of drug-likeness (QED) is 0.622. The lowest BCUT2D eigenvalue weighted by Crippen LogP contribution is -2.24. The minimum Gasteiger partial charge on any atom is -0.490 e. The third-order valence-electron chi connectivity index (χ3n) is 4.77. The highest BCUT2D eigenvalue weighted by atomic mass is 16.5. The number of carbonyl (C=O) groups excluding carboxylic acids is 2. The third kappa shape index (κ3) is 5.98. The maximum Gasteiger partial charge on any atom is 0.227 e. The molecule has 1 fully saturated rings. The van der Waals surface area contributed by atoms with Crippen molar-refractivity contribution in [3.05, 3.63) is 54.1 Å². The van der Waals surface area contributed by atoms with Crippen molar-refractivity contribution in [2.24, 2.45) is 0 Å². The van der Waals surface area contributed by atoms with Gasteiger partial charge in [0.1, 0.15) is 0 Å². The fourth-order valence-corrected chi connectivity index (χ4v) is 3.26. The van der Waals surface area contributed by atoms with E-state index >= 15 is 0 Å². The lowest BCUT2D eigenvalue weighted by molar-refractivity contribution is -0.121. The molecule has 0 aromatic heterocycles. The average Bonchev–Trinajstić information content (AvgIpc) is 3.17. The highest BCUT2D eigenvalue weighted by Gasteiger charge is 2.21. The van der Waals surface area contributed by atoms with Crippen LogP contribution in [-0.2, 0) is 16.1 Å². The molecule has 6 nitrogen and oxygen atoms in total. The minimum absolute atomic E-state index is 0.00881. The van der Waals surface area contributed by atoms with Gasteiger partial charge in [-0.25, -0.2) is 0 Å². The van der Waals surface area contributed by atoms with Gasteiger partial charge in [-0.15, -0.1) is 0 Å². The van der Waals surface area contributed by atoms with Crippen molar-refractivity contribution in [1.29, 1.82) is 0 Å². The molecule has 2 aromatic rings. The fourth-order valence-electron chi connectivity index (χ4n) is 3.26. The van der Waals surface area contributed by atoms with Gasteiger partial charge in [0.2, 0.25) is 11.8 Å². The second kappa shape index (κ2) is 10.5. The Hall–Kier alpha value is -3.02. The van der Waals surface area contributed by atoms with Crippen LogP contribution in [0.3, 0.4) is 0 Å². The van der Waals surface area contributed by atoms with Gasteiger partial charge < -0.3 is 19.7 Å². The first-order valence-electron chi connectivity index (χ1n) is 10.2. The van der Waals surface area contributed by atoms with Crippen molar-refractivity contribution in [3.63, 3.8) is 0 Å². The van der Waals surface area contributed by atoms with Crippen molar-refractivity contribution in [1.82, 2.24) is 5.32 Å². The van der Waals surface area contributed by atoms with Gasteiger partial charge in [0.25, 0.3) is 0 Å². The van der Waals surface area contributed by atoms with Gasteiger partial charge in [-0.05, 0) is 49.6 Å². The number of benzene rings is 2. The molecule has 0 bridgehead atoms. The molecule has 1 saturated heterocycles. The molecule has 0 radical (unpaired) electrons. The van der Waals surface area contributed by atoms with Crippen molar-refractivity contribution in [2.75, 3.05) is 24.7 Å². The molecule has 2 amide bonds. The van der Waals surface area contributed by atoms with Gasteiger partial charge in [-0.1, -0.05) is 24.3 Å². The van der Waals surface area contributed by atoms with Crippen molar-refractivity contribution in [2.45, 2.75) is 39.2 Å². The Morgan fingerprint density at radius 1 is 1.07 bits per heavy atom. The summed E-state index contributed by atoms with van der Waals surface area (Å²) < 4.78 is 11.3. The first kappa shape index (κ1) is 20.7. The number of amides is 2. The lowest BCUT2D eigenvalue weighted by Gasteiger charge is -2.16. The van der Waals surface area contributed by atoms with Crippen molar-refractivity contribution < 1.29 is 19.1 Å². The van der Waals surface area contributed by atoms with Crippen LogP contribution in [0.4, 0.5) is 5.69 Å². The van der Waals surface area contributed by atoms with Gasteiger partial charge in [-0.3, -0.25) is 9.59 Å². The Bertz CT molecular complexity index is 820. The van der Waals surface area contributed by atoms with E-state index in [2.05, 4.69) is 5.32 Å². The summed E-state index contributed by atoms with van der Waals surface area (Å²) >= 11 is 0. The van der Waals surface area contributed by atoms with Crippen LogP contribution in [0, 0.1) is 0 Å². The van der Waals surface area contributed by atoms with Gasteiger partial charge in [0.15, 0.2) is 11.5 Å². The molecule has 154 valence electrons. The highest BCUT2D eigenvalue weighted by Crippen LogP contribution is 2.26. The molecule has 0 atom stereocenters. The zero-order valence-corrected chi connectivity index (χ0v) is 16.9. The summed E-state index contributed by atoms with van der Waals surface area (Å²) in [5, 5.41) is 2.93. The molecule has 1 heterocycles. The van der Waals surface area contributed by atoms with Gasteiger partial charge >= 0.3 is 0 Å². The number of anilines is 1. The number of rotatable bonds is 10. The first-order valence-corrected chi connectivity index (χ1v) is 10.2. The number of nitrogens with one attached hydrogen (secondary N) is 1. The topological polar surface area (TPSA) is 67.9 Å². The maximum absolute atomic E-state index is 12.1. The van der Waals surface area contributed by atoms with Crippen molar-refractivity contribution >= 4 is 17.5 Å². The maximum atomic E-state index is 12.1. The van der Waals surface area contributed by atoms with Gasteiger partial charge in [0.05, 0.1) is 13.2 Å². The number of nitrogens with zero attached hydrogens (tertiary/aromatic N) is 1. The second-order valence-corrected chi connectivity index (χ2v) is 6.92. The molecule has 3 rings (SSSR count). The normalized spacial score (nSPS) is 13.4. The van der Waals surface area contributed by atoms with Crippen LogP contribution in [-0.4, -0.2) is 31.6 Å². The number of hydrogen-bond donors (Lipinski definition) is 1. The molecule has 0 unspecified atom stereocenters. The average molecular weight is 396 g/mol. The Kier molecular flexibility index (Phi) is 7.50. The molecular weight excluding hydrogens is 368 g/mol. The van der Waals surface area contributed by atoms with E-state index in [1.165, 1.54) is 0 Å². The van der Waals surface area contributed by atoms with E-state index in [4.69, 9.17) is 9.47 Å². The van der Waals surface area contributed by atoms with E-state index in [1.807, 2.05) is 60.4 Å². The molecule has 29 heavy (non-hydrogen) atoms. The van der Waals surface area contributed by atoms with E-state index in [0.29, 0.717) is 44.8 Å². The van der Waals surface area contributed by atoms with E-state index in [-0.39, 0.29) is 11.8 Å². The Balaban J connectivity index is 1.36. The number of ether oxygens (including phenoxy) is 2. The molecule has 0 saturated carbocycles. The molecule has 1 aliphatic heterocycles. The number of carbonyl (C=O) groups is 2. The molecule has 6 heteroatoms. The predicted octanol–water partition coefficient (Wildman–Crippen LogP) is 3.69.